The van der Waals surface area contributed by atoms with Crippen LogP contribution < -0.4 is 0 Å². The van der Waals surface area contributed by atoms with Gasteiger partial charge in [0.05, 0.1) is 5.56 Å². The van der Waals surface area contributed by atoms with Gasteiger partial charge >= 0.3 is 6.18 Å². The molecule has 2 aromatic rings. The van der Waals surface area contributed by atoms with Crippen LogP contribution in [-0.2, 0) is 11.0 Å². The fourth-order valence-electron chi connectivity index (χ4n) is 3.66. The highest BCUT2D eigenvalue weighted by atomic mass is 19.4. The van der Waals surface area contributed by atoms with E-state index in [1.165, 1.54) is 25.0 Å². The van der Waals surface area contributed by atoms with Crippen LogP contribution in [0.25, 0.3) is 11.1 Å². The van der Waals surface area contributed by atoms with Crippen molar-refractivity contribution in [2.24, 2.45) is 0 Å². The Labute approximate surface area is 168 Å². The second-order valence-corrected chi connectivity index (χ2v) is 7.43. The Morgan fingerprint density at radius 2 is 1.66 bits per heavy atom. The summed E-state index contributed by atoms with van der Waals surface area (Å²) in [4.78, 5) is 16.4. The van der Waals surface area contributed by atoms with E-state index in [4.69, 9.17) is 0 Å². The van der Waals surface area contributed by atoms with Crippen molar-refractivity contribution in [1.29, 1.82) is 0 Å². The Bertz CT molecular complexity index is 948. The fourth-order valence-corrected chi connectivity index (χ4v) is 3.66. The van der Waals surface area contributed by atoms with Crippen molar-refractivity contribution in [2.75, 3.05) is 26.2 Å². The normalized spacial score (nSPS) is 17.6. The Kier molecular flexibility index (Phi) is 5.33. The fraction of sp³-hybridized carbons (Fsp3) is 0.348. The number of nitrogens with zero attached hydrogens (tertiary/aromatic N) is 2. The van der Waals surface area contributed by atoms with Gasteiger partial charge in [-0.05, 0) is 36.1 Å². The van der Waals surface area contributed by atoms with E-state index in [1.807, 2.05) is 0 Å². The summed E-state index contributed by atoms with van der Waals surface area (Å²) < 4.78 is 40.7. The summed E-state index contributed by atoms with van der Waals surface area (Å²) in [6.45, 7) is 2.90. The van der Waals surface area contributed by atoms with E-state index in [1.54, 1.807) is 35.2 Å². The van der Waals surface area contributed by atoms with Crippen molar-refractivity contribution in [1.82, 2.24) is 9.80 Å². The summed E-state index contributed by atoms with van der Waals surface area (Å²) in [5.41, 5.74) is 0.0260. The van der Waals surface area contributed by atoms with E-state index in [0.717, 1.165) is 19.2 Å². The SMILES string of the molecule is O=C(C#Cc1ccc(-c2ccccc2)c(C(F)(F)F)c1)N1CCN(C2CC2)CC1. The minimum Gasteiger partial charge on any atom is -0.329 e. The number of rotatable bonds is 2. The van der Waals surface area contributed by atoms with Crippen molar-refractivity contribution in [3.63, 3.8) is 0 Å². The van der Waals surface area contributed by atoms with Crippen molar-refractivity contribution < 1.29 is 18.0 Å². The number of alkyl halides is 3. The van der Waals surface area contributed by atoms with Gasteiger partial charge in [0.15, 0.2) is 0 Å². The number of hydrogen-bond acceptors (Lipinski definition) is 2. The highest BCUT2D eigenvalue weighted by Gasteiger charge is 2.34. The molecular formula is C23H21F3N2O. The molecule has 0 bridgehead atoms. The van der Waals surface area contributed by atoms with Crippen LogP contribution in [0.5, 0.6) is 0 Å². The minimum atomic E-state index is -4.51. The summed E-state index contributed by atoms with van der Waals surface area (Å²) >= 11 is 0. The number of carbonyl (C=O) groups excluding carboxylic acids is 1. The van der Waals surface area contributed by atoms with Crippen LogP contribution in [0.1, 0.15) is 24.0 Å². The standard InChI is InChI=1S/C23H21F3N2O/c24-23(25,26)21-16-17(6-10-20(21)18-4-2-1-3-5-18)7-11-22(29)28-14-12-27(13-15-28)19-8-9-19/h1-6,10,16,19H,8-9,12-15H2. The molecule has 1 saturated carbocycles. The lowest BCUT2D eigenvalue weighted by Gasteiger charge is -2.33. The molecule has 2 aliphatic rings. The Morgan fingerprint density at radius 1 is 0.966 bits per heavy atom. The second kappa shape index (κ2) is 7.92. The number of halogens is 3. The van der Waals surface area contributed by atoms with Gasteiger partial charge in [-0.25, -0.2) is 0 Å². The van der Waals surface area contributed by atoms with Gasteiger partial charge in [-0.3, -0.25) is 9.69 Å². The molecule has 6 heteroatoms. The average Bonchev–Trinajstić information content (AvgIpc) is 3.57. The third kappa shape index (κ3) is 4.63. The number of amides is 1. The highest BCUT2D eigenvalue weighted by Crippen LogP contribution is 2.37. The van der Waals surface area contributed by atoms with Crippen LogP contribution >= 0.6 is 0 Å². The molecule has 4 rings (SSSR count). The predicted molar refractivity (Wildman–Crippen MR) is 105 cm³/mol. The quantitative estimate of drug-likeness (QED) is 0.713. The van der Waals surface area contributed by atoms with Crippen molar-refractivity contribution in [3.8, 4) is 23.0 Å². The molecular weight excluding hydrogens is 377 g/mol. The maximum Gasteiger partial charge on any atom is 0.417 e. The zero-order valence-electron chi connectivity index (χ0n) is 15.9. The van der Waals surface area contributed by atoms with E-state index < -0.39 is 11.7 Å². The molecule has 0 spiro atoms. The molecule has 1 amide bonds. The van der Waals surface area contributed by atoms with E-state index in [0.29, 0.717) is 24.7 Å². The Morgan fingerprint density at radius 3 is 2.28 bits per heavy atom. The maximum absolute atomic E-state index is 13.6. The molecule has 1 aliphatic heterocycles. The number of carbonyl (C=O) groups is 1. The van der Waals surface area contributed by atoms with Gasteiger partial charge in [0.1, 0.15) is 0 Å². The number of piperazine rings is 1. The third-order valence-electron chi connectivity index (χ3n) is 5.39. The molecule has 150 valence electrons. The smallest absolute Gasteiger partial charge is 0.329 e. The number of hydrogen-bond donors (Lipinski definition) is 0. The molecule has 0 aromatic heterocycles. The highest BCUT2D eigenvalue weighted by molar-refractivity contribution is 5.94. The molecule has 2 aromatic carbocycles. The topological polar surface area (TPSA) is 23.6 Å². The van der Waals surface area contributed by atoms with Crippen molar-refractivity contribution in [2.45, 2.75) is 25.1 Å². The van der Waals surface area contributed by atoms with E-state index in [-0.39, 0.29) is 17.0 Å². The third-order valence-corrected chi connectivity index (χ3v) is 5.39. The molecule has 2 fully saturated rings. The van der Waals surface area contributed by atoms with Crippen LogP contribution in [0.3, 0.4) is 0 Å². The predicted octanol–water partition coefficient (Wildman–Crippen LogP) is 4.03. The lowest BCUT2D eigenvalue weighted by atomic mass is 9.97. The van der Waals surface area contributed by atoms with Gasteiger partial charge in [0, 0.05) is 43.7 Å². The van der Waals surface area contributed by atoms with Crippen LogP contribution in [-0.4, -0.2) is 47.9 Å². The van der Waals surface area contributed by atoms with Gasteiger partial charge in [-0.2, -0.15) is 13.2 Å². The summed E-state index contributed by atoms with van der Waals surface area (Å²) in [7, 11) is 0. The van der Waals surface area contributed by atoms with Crippen LogP contribution in [0.15, 0.2) is 48.5 Å². The number of benzene rings is 2. The molecule has 3 nitrogen and oxygen atoms in total. The Hall–Kier alpha value is -2.78. The summed E-state index contributed by atoms with van der Waals surface area (Å²) in [5, 5.41) is 0. The summed E-state index contributed by atoms with van der Waals surface area (Å²) in [6, 6.07) is 13.1. The van der Waals surface area contributed by atoms with E-state index in [2.05, 4.69) is 16.7 Å². The first kappa shape index (κ1) is 19.5. The van der Waals surface area contributed by atoms with Crippen LogP contribution in [0.2, 0.25) is 0 Å². The first-order valence-electron chi connectivity index (χ1n) is 9.73. The summed E-state index contributed by atoms with van der Waals surface area (Å²) in [6.07, 6.45) is -2.05. The molecule has 0 N–H and O–H groups in total. The maximum atomic E-state index is 13.6. The van der Waals surface area contributed by atoms with Crippen molar-refractivity contribution >= 4 is 5.91 Å². The van der Waals surface area contributed by atoms with Gasteiger partial charge in [-0.15, -0.1) is 0 Å². The van der Waals surface area contributed by atoms with Gasteiger partial charge in [0.2, 0.25) is 0 Å². The van der Waals surface area contributed by atoms with Gasteiger partial charge in [0.25, 0.3) is 5.91 Å². The molecule has 0 unspecified atom stereocenters. The van der Waals surface area contributed by atoms with Crippen molar-refractivity contribution in [3.05, 3.63) is 59.7 Å². The molecule has 1 heterocycles. The van der Waals surface area contributed by atoms with Gasteiger partial charge < -0.3 is 4.90 Å². The van der Waals surface area contributed by atoms with Gasteiger partial charge in [-0.1, -0.05) is 42.3 Å². The van der Waals surface area contributed by atoms with Crippen LogP contribution in [0, 0.1) is 11.8 Å². The first-order chi connectivity index (χ1) is 13.9. The van der Waals surface area contributed by atoms with E-state index in [9.17, 15) is 18.0 Å². The molecule has 1 saturated heterocycles. The molecule has 29 heavy (non-hydrogen) atoms. The zero-order valence-corrected chi connectivity index (χ0v) is 15.9. The molecule has 0 atom stereocenters. The van der Waals surface area contributed by atoms with E-state index >= 15 is 0 Å². The molecule has 1 aliphatic carbocycles. The Balaban J connectivity index is 1.51. The first-order valence-corrected chi connectivity index (χ1v) is 9.73. The zero-order chi connectivity index (χ0) is 20.4. The minimum absolute atomic E-state index is 0.103. The second-order valence-electron chi connectivity index (χ2n) is 7.43. The summed E-state index contributed by atoms with van der Waals surface area (Å²) in [5.74, 6) is 4.81. The largest absolute Gasteiger partial charge is 0.417 e. The molecule has 0 radical (unpaired) electrons. The average molecular weight is 398 g/mol. The lowest BCUT2D eigenvalue weighted by Crippen LogP contribution is -2.49. The lowest BCUT2D eigenvalue weighted by molar-refractivity contribution is -0.137. The van der Waals surface area contributed by atoms with Crippen LogP contribution in [0.4, 0.5) is 13.2 Å². The monoisotopic (exact) mass is 398 g/mol.